The van der Waals surface area contributed by atoms with Gasteiger partial charge in [-0.3, -0.25) is 4.79 Å². The second kappa shape index (κ2) is 7.05. The van der Waals surface area contributed by atoms with E-state index in [0.717, 1.165) is 22.7 Å². The number of benzene rings is 1. The van der Waals surface area contributed by atoms with Crippen molar-refractivity contribution >= 4 is 17.2 Å². The van der Waals surface area contributed by atoms with Gasteiger partial charge in [0.05, 0.1) is 16.7 Å². The molecule has 118 valence electrons. The summed E-state index contributed by atoms with van der Waals surface area (Å²) in [4.78, 5) is 17.4. The van der Waals surface area contributed by atoms with Crippen LogP contribution in [0.1, 0.15) is 58.3 Å². The van der Waals surface area contributed by atoms with E-state index in [1.807, 2.05) is 20.8 Å². The van der Waals surface area contributed by atoms with Crippen molar-refractivity contribution in [3.05, 3.63) is 51.0 Å². The predicted molar refractivity (Wildman–Crippen MR) is 92.5 cm³/mol. The van der Waals surface area contributed by atoms with Gasteiger partial charge in [-0.1, -0.05) is 38.1 Å². The van der Waals surface area contributed by atoms with Crippen LogP contribution in [0.3, 0.4) is 0 Å². The maximum absolute atomic E-state index is 12.3. The number of amides is 1. The minimum absolute atomic E-state index is 0.0117. The van der Waals surface area contributed by atoms with Crippen molar-refractivity contribution in [3.63, 3.8) is 0 Å². The van der Waals surface area contributed by atoms with E-state index in [4.69, 9.17) is 0 Å². The van der Waals surface area contributed by atoms with Gasteiger partial charge in [0, 0.05) is 0 Å². The van der Waals surface area contributed by atoms with E-state index in [2.05, 4.69) is 48.4 Å². The zero-order chi connectivity index (χ0) is 16.3. The summed E-state index contributed by atoms with van der Waals surface area (Å²) in [5, 5.41) is 3.98. The Hall–Kier alpha value is -1.68. The first-order valence-corrected chi connectivity index (χ1v) is 8.52. The largest absolute Gasteiger partial charge is 0.345 e. The summed E-state index contributed by atoms with van der Waals surface area (Å²) in [6.45, 7) is 10.2. The van der Waals surface area contributed by atoms with E-state index < -0.39 is 0 Å². The fraction of sp³-hybridized carbons (Fsp3) is 0.444. The molecule has 0 aliphatic rings. The van der Waals surface area contributed by atoms with Gasteiger partial charge in [-0.15, -0.1) is 11.3 Å². The van der Waals surface area contributed by atoms with Crippen molar-refractivity contribution in [2.45, 2.75) is 47.1 Å². The van der Waals surface area contributed by atoms with Gasteiger partial charge in [0.15, 0.2) is 0 Å². The summed E-state index contributed by atoms with van der Waals surface area (Å²) in [5.41, 5.74) is 3.27. The molecule has 2 rings (SSSR count). The third kappa shape index (κ3) is 4.17. The van der Waals surface area contributed by atoms with Gasteiger partial charge in [-0.25, -0.2) is 4.98 Å². The van der Waals surface area contributed by atoms with Crippen molar-refractivity contribution < 1.29 is 4.79 Å². The molecule has 0 saturated carbocycles. The van der Waals surface area contributed by atoms with Gasteiger partial charge in [0.1, 0.15) is 4.88 Å². The van der Waals surface area contributed by atoms with Crippen molar-refractivity contribution in [1.82, 2.24) is 10.3 Å². The van der Waals surface area contributed by atoms with Crippen molar-refractivity contribution in [1.29, 1.82) is 0 Å². The monoisotopic (exact) mass is 316 g/mol. The fourth-order valence-electron chi connectivity index (χ4n) is 2.50. The number of thiazole rings is 1. The van der Waals surface area contributed by atoms with E-state index in [1.165, 1.54) is 16.9 Å². The highest BCUT2D eigenvalue weighted by Gasteiger charge is 2.16. The molecule has 0 fully saturated rings. The highest BCUT2D eigenvalue weighted by atomic mass is 32.1. The summed E-state index contributed by atoms with van der Waals surface area (Å²) >= 11 is 1.45. The summed E-state index contributed by atoms with van der Waals surface area (Å²) < 4.78 is 0. The number of aromatic nitrogens is 1. The Bertz CT molecular complexity index is 644. The first-order valence-electron chi connectivity index (χ1n) is 7.70. The Morgan fingerprint density at radius 1 is 1.18 bits per heavy atom. The number of rotatable bonds is 5. The predicted octanol–water partition coefficient (Wildman–Crippen LogP) is 4.45. The molecule has 1 atom stereocenters. The lowest BCUT2D eigenvalue weighted by molar-refractivity contribution is 0.0943. The van der Waals surface area contributed by atoms with Crippen LogP contribution in [0.2, 0.25) is 0 Å². The van der Waals surface area contributed by atoms with Crippen LogP contribution in [-0.4, -0.2) is 10.9 Å². The number of aryl methyl sites for hydroxylation is 2. The maximum Gasteiger partial charge on any atom is 0.263 e. The Kier molecular flexibility index (Phi) is 5.35. The van der Waals surface area contributed by atoms with Gasteiger partial charge in [0.2, 0.25) is 0 Å². The van der Waals surface area contributed by atoms with E-state index in [1.54, 1.807) is 0 Å². The standard InChI is InChI=1S/C18H24N2OS/c1-11(2)10-15-6-8-16(9-7-15)12(3)20-18(21)17-13(4)19-14(5)22-17/h6-9,11-12H,10H2,1-5H3,(H,20,21). The van der Waals surface area contributed by atoms with Crippen LogP contribution >= 0.6 is 11.3 Å². The molecule has 0 spiro atoms. The van der Waals surface area contributed by atoms with Gasteiger partial charge >= 0.3 is 0 Å². The highest BCUT2D eigenvalue weighted by Crippen LogP contribution is 2.20. The Morgan fingerprint density at radius 3 is 2.32 bits per heavy atom. The molecule has 22 heavy (non-hydrogen) atoms. The average Bonchev–Trinajstić information content (AvgIpc) is 2.78. The van der Waals surface area contributed by atoms with Crippen LogP contribution in [0.5, 0.6) is 0 Å². The maximum atomic E-state index is 12.3. The van der Waals surface area contributed by atoms with Gasteiger partial charge < -0.3 is 5.32 Å². The van der Waals surface area contributed by atoms with Crippen LogP contribution < -0.4 is 5.32 Å². The summed E-state index contributed by atoms with van der Waals surface area (Å²) in [7, 11) is 0. The minimum atomic E-state index is -0.0399. The molecule has 1 unspecified atom stereocenters. The lowest BCUT2D eigenvalue weighted by Gasteiger charge is -2.15. The van der Waals surface area contributed by atoms with Gasteiger partial charge in [-0.2, -0.15) is 0 Å². The van der Waals surface area contributed by atoms with Gasteiger partial charge in [-0.05, 0) is 44.2 Å². The zero-order valence-corrected chi connectivity index (χ0v) is 14.8. The van der Waals surface area contributed by atoms with Gasteiger partial charge in [0.25, 0.3) is 5.91 Å². The number of nitrogens with zero attached hydrogens (tertiary/aromatic N) is 1. The topological polar surface area (TPSA) is 42.0 Å². The molecule has 0 aliphatic heterocycles. The summed E-state index contributed by atoms with van der Waals surface area (Å²) in [5.74, 6) is 0.613. The number of carbonyl (C=O) groups is 1. The SMILES string of the molecule is Cc1nc(C)c(C(=O)NC(C)c2ccc(CC(C)C)cc2)s1. The lowest BCUT2D eigenvalue weighted by atomic mass is 10.00. The van der Waals surface area contributed by atoms with Crippen LogP contribution in [0, 0.1) is 19.8 Å². The Morgan fingerprint density at radius 2 is 1.82 bits per heavy atom. The smallest absolute Gasteiger partial charge is 0.263 e. The molecule has 4 heteroatoms. The first-order chi connectivity index (χ1) is 10.4. The van der Waals surface area contributed by atoms with E-state index >= 15 is 0 Å². The molecular formula is C18H24N2OS. The Balaban J connectivity index is 2.04. The van der Waals surface area contributed by atoms with E-state index in [-0.39, 0.29) is 11.9 Å². The van der Waals surface area contributed by atoms with Crippen molar-refractivity contribution in [2.24, 2.45) is 5.92 Å². The molecule has 1 aromatic heterocycles. The van der Waals surface area contributed by atoms with Crippen LogP contribution in [0.4, 0.5) is 0 Å². The molecule has 0 saturated heterocycles. The molecule has 0 radical (unpaired) electrons. The third-order valence-electron chi connectivity index (χ3n) is 3.58. The van der Waals surface area contributed by atoms with Crippen molar-refractivity contribution in [2.75, 3.05) is 0 Å². The Labute approximate surface area is 136 Å². The van der Waals surface area contributed by atoms with E-state index in [0.29, 0.717) is 10.8 Å². The minimum Gasteiger partial charge on any atom is -0.345 e. The normalized spacial score (nSPS) is 12.5. The quantitative estimate of drug-likeness (QED) is 0.885. The molecule has 1 amide bonds. The van der Waals surface area contributed by atoms with Crippen LogP contribution in [0.25, 0.3) is 0 Å². The van der Waals surface area contributed by atoms with Crippen LogP contribution in [-0.2, 0) is 6.42 Å². The second-order valence-electron chi connectivity index (χ2n) is 6.18. The highest BCUT2D eigenvalue weighted by molar-refractivity contribution is 7.13. The molecule has 1 aromatic carbocycles. The first kappa shape index (κ1) is 16.7. The fourth-order valence-corrected chi connectivity index (χ4v) is 3.32. The second-order valence-corrected chi connectivity index (χ2v) is 7.39. The van der Waals surface area contributed by atoms with E-state index in [9.17, 15) is 4.79 Å². The zero-order valence-electron chi connectivity index (χ0n) is 13.9. The molecule has 0 aliphatic carbocycles. The summed E-state index contributed by atoms with van der Waals surface area (Å²) in [6, 6.07) is 8.50. The third-order valence-corrected chi connectivity index (χ3v) is 4.65. The average molecular weight is 316 g/mol. The van der Waals surface area contributed by atoms with Crippen molar-refractivity contribution in [3.8, 4) is 0 Å². The molecule has 2 aromatic rings. The van der Waals surface area contributed by atoms with Crippen LogP contribution in [0.15, 0.2) is 24.3 Å². The molecule has 1 heterocycles. The summed E-state index contributed by atoms with van der Waals surface area (Å²) in [6.07, 6.45) is 1.08. The molecule has 0 bridgehead atoms. The number of nitrogens with one attached hydrogen (secondary N) is 1. The number of carbonyl (C=O) groups excluding carboxylic acids is 1. The lowest BCUT2D eigenvalue weighted by Crippen LogP contribution is -2.26. The number of hydrogen-bond donors (Lipinski definition) is 1. The molecular weight excluding hydrogens is 292 g/mol. The molecule has 3 nitrogen and oxygen atoms in total. The molecule has 1 N–H and O–H groups in total. The number of hydrogen-bond acceptors (Lipinski definition) is 3.